The lowest BCUT2D eigenvalue weighted by atomic mass is 10.1. The Kier molecular flexibility index (Phi) is 5.06. The summed E-state index contributed by atoms with van der Waals surface area (Å²) < 4.78 is 8.22. The summed E-state index contributed by atoms with van der Waals surface area (Å²) in [6.45, 7) is 3.63. The molecule has 1 atom stereocenters. The lowest BCUT2D eigenvalue weighted by Crippen LogP contribution is -2.26. The summed E-state index contributed by atoms with van der Waals surface area (Å²) in [6, 6.07) is 7.02. The van der Waals surface area contributed by atoms with Crippen LogP contribution in [0.5, 0.6) is 5.75 Å². The number of benzene rings is 1. The van der Waals surface area contributed by atoms with Gasteiger partial charge in [0.1, 0.15) is 5.75 Å². The zero-order valence-corrected chi connectivity index (χ0v) is 14.4. The highest BCUT2D eigenvalue weighted by Crippen LogP contribution is 2.22. The van der Waals surface area contributed by atoms with Gasteiger partial charge in [-0.1, -0.05) is 17.7 Å². The average Bonchev–Trinajstić information content (AvgIpc) is 2.65. The maximum Gasteiger partial charge on any atom is 0.178 e. The molecule has 2 aromatic rings. The molecular weight excluding hydrogens is 356 g/mol. The molecule has 2 rings (SSSR count). The van der Waals surface area contributed by atoms with Crippen LogP contribution in [0.1, 0.15) is 18.3 Å². The predicted molar refractivity (Wildman–Crippen MR) is 85.9 cm³/mol. The number of carbonyl (C=O) groups excluding carboxylic acids is 1. The first-order valence-corrected chi connectivity index (χ1v) is 7.68. The largest absolute Gasteiger partial charge is 0.483 e. The topological polar surface area (TPSA) is 44.1 Å². The predicted octanol–water partition coefficient (Wildman–Crippen LogP) is 3.72. The Morgan fingerprint density at radius 1 is 1.52 bits per heavy atom. The molecule has 112 valence electrons. The fourth-order valence-corrected chi connectivity index (χ4v) is 2.65. The van der Waals surface area contributed by atoms with Crippen molar-refractivity contribution in [3.8, 4) is 5.75 Å². The van der Waals surface area contributed by atoms with Crippen molar-refractivity contribution in [2.45, 2.75) is 26.4 Å². The number of aromatic nitrogens is 2. The number of rotatable bonds is 5. The lowest BCUT2D eigenvalue weighted by Gasteiger charge is -2.14. The van der Waals surface area contributed by atoms with Crippen LogP contribution >= 0.6 is 27.5 Å². The second-order valence-electron chi connectivity index (χ2n) is 4.83. The van der Waals surface area contributed by atoms with E-state index in [4.69, 9.17) is 16.3 Å². The molecule has 0 saturated carbocycles. The summed E-state index contributed by atoms with van der Waals surface area (Å²) in [5.74, 6) is 0.572. The van der Waals surface area contributed by atoms with E-state index in [1.54, 1.807) is 35.9 Å². The SMILES string of the molecule is Cc1nn(C)c(CC(=O)C(C)Oc2cccc(Cl)c2)c1Br. The fourth-order valence-electron chi connectivity index (χ4n) is 1.99. The summed E-state index contributed by atoms with van der Waals surface area (Å²) in [6.07, 6.45) is -0.287. The molecule has 0 aliphatic rings. The van der Waals surface area contributed by atoms with Crippen molar-refractivity contribution < 1.29 is 9.53 Å². The quantitative estimate of drug-likeness (QED) is 0.804. The van der Waals surface area contributed by atoms with Crippen LogP contribution < -0.4 is 4.74 Å². The van der Waals surface area contributed by atoms with Crippen molar-refractivity contribution >= 4 is 33.3 Å². The number of aryl methyl sites for hydroxylation is 2. The second-order valence-corrected chi connectivity index (χ2v) is 6.06. The monoisotopic (exact) mass is 370 g/mol. The molecule has 4 nitrogen and oxygen atoms in total. The van der Waals surface area contributed by atoms with Crippen LogP contribution in [0.2, 0.25) is 5.02 Å². The molecule has 6 heteroatoms. The molecule has 0 bridgehead atoms. The van der Waals surface area contributed by atoms with Crippen molar-refractivity contribution in [3.05, 3.63) is 45.1 Å². The van der Waals surface area contributed by atoms with Gasteiger partial charge in [0, 0.05) is 12.1 Å². The minimum atomic E-state index is -0.550. The molecule has 1 unspecified atom stereocenters. The van der Waals surface area contributed by atoms with Gasteiger partial charge in [-0.3, -0.25) is 9.48 Å². The molecule has 0 radical (unpaired) electrons. The number of nitrogens with zero attached hydrogens (tertiary/aromatic N) is 2. The molecule has 0 N–H and O–H groups in total. The van der Waals surface area contributed by atoms with Gasteiger partial charge in [-0.15, -0.1) is 0 Å². The van der Waals surface area contributed by atoms with E-state index in [0.717, 1.165) is 15.9 Å². The highest BCUT2D eigenvalue weighted by atomic mass is 79.9. The standard InChI is InChI=1S/C15H16BrClN2O2/c1-9-15(16)13(19(3)18-9)8-14(20)10(2)21-12-6-4-5-11(17)7-12/h4-7,10H,8H2,1-3H3. The summed E-state index contributed by atoms with van der Waals surface area (Å²) in [5.41, 5.74) is 1.71. The molecule has 0 saturated heterocycles. The van der Waals surface area contributed by atoms with Crippen LogP contribution in [-0.4, -0.2) is 21.7 Å². The smallest absolute Gasteiger partial charge is 0.178 e. The third-order valence-corrected chi connectivity index (χ3v) is 4.43. The van der Waals surface area contributed by atoms with Gasteiger partial charge in [-0.05, 0) is 48.0 Å². The van der Waals surface area contributed by atoms with E-state index >= 15 is 0 Å². The van der Waals surface area contributed by atoms with Crippen molar-refractivity contribution in [2.24, 2.45) is 7.05 Å². The van der Waals surface area contributed by atoms with Crippen LogP contribution in [-0.2, 0) is 18.3 Å². The van der Waals surface area contributed by atoms with E-state index in [0.29, 0.717) is 10.8 Å². The molecule has 1 aromatic heterocycles. The molecule has 21 heavy (non-hydrogen) atoms. The summed E-state index contributed by atoms with van der Waals surface area (Å²) in [5, 5.41) is 4.86. The molecule has 0 spiro atoms. The number of ether oxygens (including phenoxy) is 1. The molecule has 0 fully saturated rings. The van der Waals surface area contributed by atoms with Gasteiger partial charge in [0.05, 0.1) is 22.3 Å². The van der Waals surface area contributed by atoms with Gasteiger partial charge in [-0.2, -0.15) is 5.10 Å². The Balaban J connectivity index is 2.06. The maximum atomic E-state index is 12.3. The van der Waals surface area contributed by atoms with E-state index in [1.165, 1.54) is 0 Å². The van der Waals surface area contributed by atoms with Crippen LogP contribution in [0.4, 0.5) is 0 Å². The number of hydrogen-bond donors (Lipinski definition) is 0. The normalized spacial score (nSPS) is 12.2. The zero-order valence-electron chi connectivity index (χ0n) is 12.1. The lowest BCUT2D eigenvalue weighted by molar-refractivity contribution is -0.124. The van der Waals surface area contributed by atoms with Crippen LogP contribution in [0.3, 0.4) is 0 Å². The van der Waals surface area contributed by atoms with Gasteiger partial charge in [0.25, 0.3) is 0 Å². The molecule has 1 heterocycles. The average molecular weight is 372 g/mol. The Morgan fingerprint density at radius 2 is 2.24 bits per heavy atom. The van der Waals surface area contributed by atoms with E-state index in [9.17, 15) is 4.79 Å². The van der Waals surface area contributed by atoms with E-state index in [2.05, 4.69) is 21.0 Å². The maximum absolute atomic E-state index is 12.3. The van der Waals surface area contributed by atoms with Crippen LogP contribution in [0.25, 0.3) is 0 Å². The number of Topliss-reactive ketones (excluding diaryl/α,β-unsaturated/α-hetero) is 1. The number of carbonyl (C=O) groups is 1. The first-order chi connectivity index (χ1) is 9.88. The third kappa shape index (κ3) is 3.86. The van der Waals surface area contributed by atoms with Crippen LogP contribution in [0.15, 0.2) is 28.7 Å². The molecule has 0 aliphatic heterocycles. The van der Waals surface area contributed by atoms with Crippen LogP contribution in [0, 0.1) is 6.92 Å². The van der Waals surface area contributed by atoms with Gasteiger partial charge >= 0.3 is 0 Å². The minimum Gasteiger partial charge on any atom is -0.483 e. The van der Waals surface area contributed by atoms with Gasteiger partial charge in [0.15, 0.2) is 11.9 Å². The molecule has 0 amide bonds. The van der Waals surface area contributed by atoms with Crippen molar-refractivity contribution in [1.29, 1.82) is 0 Å². The van der Waals surface area contributed by atoms with E-state index in [1.807, 2.05) is 14.0 Å². The molecule has 0 aliphatic carbocycles. The zero-order chi connectivity index (χ0) is 15.6. The third-order valence-electron chi connectivity index (χ3n) is 3.17. The van der Waals surface area contributed by atoms with Gasteiger partial charge in [0.2, 0.25) is 0 Å². The number of ketones is 1. The Morgan fingerprint density at radius 3 is 2.81 bits per heavy atom. The van der Waals surface area contributed by atoms with Crippen molar-refractivity contribution in [3.63, 3.8) is 0 Å². The van der Waals surface area contributed by atoms with Gasteiger partial charge in [-0.25, -0.2) is 0 Å². The molecular formula is C15H16BrClN2O2. The number of hydrogen-bond acceptors (Lipinski definition) is 3. The van der Waals surface area contributed by atoms with E-state index < -0.39 is 6.10 Å². The Hall–Kier alpha value is -1.33. The number of halogens is 2. The van der Waals surface area contributed by atoms with Gasteiger partial charge < -0.3 is 4.74 Å². The summed E-state index contributed by atoms with van der Waals surface area (Å²) in [7, 11) is 1.82. The van der Waals surface area contributed by atoms with Crippen molar-refractivity contribution in [1.82, 2.24) is 9.78 Å². The summed E-state index contributed by atoms with van der Waals surface area (Å²) >= 11 is 9.36. The Bertz CT molecular complexity index is 670. The second kappa shape index (κ2) is 6.62. The highest BCUT2D eigenvalue weighted by molar-refractivity contribution is 9.10. The highest BCUT2D eigenvalue weighted by Gasteiger charge is 2.20. The summed E-state index contributed by atoms with van der Waals surface area (Å²) in [4.78, 5) is 12.3. The van der Waals surface area contributed by atoms with E-state index in [-0.39, 0.29) is 12.2 Å². The minimum absolute atomic E-state index is 0.0151. The Labute approximate surface area is 137 Å². The molecule has 1 aromatic carbocycles. The first-order valence-electron chi connectivity index (χ1n) is 6.51. The van der Waals surface area contributed by atoms with Crippen molar-refractivity contribution in [2.75, 3.05) is 0 Å². The fraction of sp³-hybridized carbons (Fsp3) is 0.333. The first kappa shape index (κ1) is 16.0.